The van der Waals surface area contributed by atoms with E-state index in [1.165, 1.54) is 5.56 Å². The Kier molecular flexibility index (Phi) is 4.98. The van der Waals surface area contributed by atoms with Gasteiger partial charge in [0.2, 0.25) is 0 Å². The van der Waals surface area contributed by atoms with Crippen molar-refractivity contribution >= 4 is 15.9 Å². The number of halogens is 1. The fourth-order valence-corrected chi connectivity index (χ4v) is 3.12. The SMILES string of the molecule is CC(O)C1CCCN(Cc2ccc(C#N)cc2Br)C1. The number of hydrogen-bond acceptors (Lipinski definition) is 3. The smallest absolute Gasteiger partial charge is 0.0992 e. The van der Waals surface area contributed by atoms with Crippen molar-refractivity contribution in [1.82, 2.24) is 4.90 Å². The maximum absolute atomic E-state index is 9.71. The monoisotopic (exact) mass is 322 g/mol. The molecule has 1 fully saturated rings. The van der Waals surface area contributed by atoms with Crippen LogP contribution < -0.4 is 0 Å². The Morgan fingerprint density at radius 3 is 3.00 bits per heavy atom. The Hall–Kier alpha value is -0.890. The van der Waals surface area contributed by atoms with Crippen molar-refractivity contribution < 1.29 is 5.11 Å². The molecule has 0 radical (unpaired) electrons. The van der Waals surface area contributed by atoms with Gasteiger partial charge in [-0.2, -0.15) is 5.26 Å². The van der Waals surface area contributed by atoms with Gasteiger partial charge in [-0.1, -0.05) is 22.0 Å². The molecule has 0 aliphatic carbocycles. The number of nitriles is 1. The maximum atomic E-state index is 9.71. The highest BCUT2D eigenvalue weighted by Crippen LogP contribution is 2.24. The Balaban J connectivity index is 2.03. The first-order valence-electron chi connectivity index (χ1n) is 6.69. The van der Waals surface area contributed by atoms with Crippen LogP contribution in [0.1, 0.15) is 30.9 Å². The summed E-state index contributed by atoms with van der Waals surface area (Å²) in [5, 5.41) is 18.6. The lowest BCUT2D eigenvalue weighted by molar-refractivity contribution is 0.0598. The molecule has 1 heterocycles. The van der Waals surface area contributed by atoms with Crippen molar-refractivity contribution in [2.24, 2.45) is 5.92 Å². The van der Waals surface area contributed by atoms with E-state index in [1.54, 1.807) is 0 Å². The molecule has 2 unspecified atom stereocenters. The van der Waals surface area contributed by atoms with Crippen LogP contribution in [0, 0.1) is 17.2 Å². The van der Waals surface area contributed by atoms with Gasteiger partial charge in [-0.05, 0) is 49.9 Å². The topological polar surface area (TPSA) is 47.3 Å². The van der Waals surface area contributed by atoms with Crippen LogP contribution in [0.2, 0.25) is 0 Å². The van der Waals surface area contributed by atoms with Gasteiger partial charge < -0.3 is 5.11 Å². The van der Waals surface area contributed by atoms with Crippen molar-refractivity contribution in [3.05, 3.63) is 33.8 Å². The minimum atomic E-state index is -0.229. The molecule has 0 bridgehead atoms. The van der Waals surface area contributed by atoms with Crippen LogP contribution in [0.3, 0.4) is 0 Å². The lowest BCUT2D eigenvalue weighted by Crippen LogP contribution is -2.39. The van der Waals surface area contributed by atoms with Crippen LogP contribution in [0.25, 0.3) is 0 Å². The van der Waals surface area contributed by atoms with Gasteiger partial charge in [0.05, 0.1) is 17.7 Å². The zero-order valence-electron chi connectivity index (χ0n) is 11.1. The second-order valence-corrected chi connectivity index (χ2v) is 6.15. The number of piperidine rings is 1. The van der Waals surface area contributed by atoms with Gasteiger partial charge in [-0.25, -0.2) is 0 Å². The molecule has 2 rings (SSSR count). The average molecular weight is 323 g/mol. The van der Waals surface area contributed by atoms with Gasteiger partial charge >= 0.3 is 0 Å². The number of likely N-dealkylation sites (tertiary alicyclic amines) is 1. The minimum absolute atomic E-state index is 0.229. The Morgan fingerprint density at radius 2 is 2.37 bits per heavy atom. The number of benzene rings is 1. The summed E-state index contributed by atoms with van der Waals surface area (Å²) in [6.45, 7) is 4.78. The number of rotatable bonds is 3. The highest BCUT2D eigenvalue weighted by Gasteiger charge is 2.23. The second kappa shape index (κ2) is 6.51. The van der Waals surface area contributed by atoms with Crippen LogP contribution in [-0.4, -0.2) is 29.2 Å². The maximum Gasteiger partial charge on any atom is 0.0992 e. The largest absolute Gasteiger partial charge is 0.393 e. The summed E-state index contributed by atoms with van der Waals surface area (Å²) in [6, 6.07) is 7.88. The first-order chi connectivity index (χ1) is 9.10. The zero-order chi connectivity index (χ0) is 13.8. The molecule has 1 aliphatic heterocycles. The molecule has 2 atom stereocenters. The van der Waals surface area contributed by atoms with Crippen molar-refractivity contribution in [2.75, 3.05) is 13.1 Å². The molecule has 1 saturated heterocycles. The highest BCUT2D eigenvalue weighted by atomic mass is 79.9. The van der Waals surface area contributed by atoms with Crippen LogP contribution >= 0.6 is 15.9 Å². The number of nitrogens with zero attached hydrogens (tertiary/aromatic N) is 2. The van der Waals surface area contributed by atoms with Gasteiger partial charge in [0, 0.05) is 17.6 Å². The van der Waals surface area contributed by atoms with E-state index in [2.05, 4.69) is 26.9 Å². The lowest BCUT2D eigenvalue weighted by atomic mass is 9.93. The fourth-order valence-electron chi connectivity index (χ4n) is 2.61. The third-order valence-corrected chi connectivity index (χ3v) is 4.54. The number of aliphatic hydroxyl groups excluding tert-OH is 1. The molecule has 1 N–H and O–H groups in total. The van der Waals surface area contributed by atoms with Gasteiger partial charge in [0.1, 0.15) is 0 Å². The van der Waals surface area contributed by atoms with E-state index in [0.29, 0.717) is 11.5 Å². The normalized spacial score (nSPS) is 21.9. The van der Waals surface area contributed by atoms with Crippen LogP contribution in [0.5, 0.6) is 0 Å². The standard InChI is InChI=1S/C15H19BrN2O/c1-11(19)13-3-2-6-18(9-13)10-14-5-4-12(8-17)7-15(14)16/h4-5,7,11,13,19H,2-3,6,9-10H2,1H3. The summed E-state index contributed by atoms with van der Waals surface area (Å²) in [5.41, 5.74) is 1.88. The average Bonchev–Trinajstić information content (AvgIpc) is 2.41. The molecule has 4 heteroatoms. The molecule has 1 aliphatic rings. The molecular weight excluding hydrogens is 304 g/mol. The van der Waals surface area contributed by atoms with Crippen molar-refractivity contribution in [2.45, 2.75) is 32.4 Å². The van der Waals surface area contributed by atoms with E-state index in [9.17, 15) is 5.11 Å². The first-order valence-corrected chi connectivity index (χ1v) is 7.48. The predicted octanol–water partition coefficient (Wildman–Crippen LogP) is 2.91. The van der Waals surface area contributed by atoms with Crippen LogP contribution in [-0.2, 0) is 6.54 Å². The second-order valence-electron chi connectivity index (χ2n) is 5.30. The summed E-state index contributed by atoms with van der Waals surface area (Å²) in [5.74, 6) is 0.380. The predicted molar refractivity (Wildman–Crippen MR) is 78.5 cm³/mol. The molecule has 1 aromatic carbocycles. The van der Waals surface area contributed by atoms with Gasteiger partial charge in [-0.3, -0.25) is 4.90 Å². The highest BCUT2D eigenvalue weighted by molar-refractivity contribution is 9.10. The van der Waals surface area contributed by atoms with E-state index in [4.69, 9.17) is 5.26 Å². The molecule has 0 saturated carbocycles. The molecule has 1 aromatic rings. The molecule has 0 amide bonds. The Morgan fingerprint density at radius 1 is 1.58 bits per heavy atom. The fraction of sp³-hybridized carbons (Fsp3) is 0.533. The third-order valence-electron chi connectivity index (χ3n) is 3.80. The van der Waals surface area contributed by atoms with E-state index in [1.807, 2.05) is 25.1 Å². The van der Waals surface area contributed by atoms with Gasteiger partial charge in [0.15, 0.2) is 0 Å². The van der Waals surface area contributed by atoms with Crippen LogP contribution in [0.4, 0.5) is 0 Å². The van der Waals surface area contributed by atoms with Gasteiger partial charge in [0.25, 0.3) is 0 Å². The van der Waals surface area contributed by atoms with E-state index >= 15 is 0 Å². The zero-order valence-corrected chi connectivity index (χ0v) is 12.7. The van der Waals surface area contributed by atoms with E-state index in [0.717, 1.165) is 36.9 Å². The molecule has 19 heavy (non-hydrogen) atoms. The van der Waals surface area contributed by atoms with Crippen molar-refractivity contribution in [1.29, 1.82) is 5.26 Å². The summed E-state index contributed by atoms with van der Waals surface area (Å²) < 4.78 is 0.991. The summed E-state index contributed by atoms with van der Waals surface area (Å²) >= 11 is 3.53. The minimum Gasteiger partial charge on any atom is -0.393 e. The molecule has 0 spiro atoms. The Bertz CT molecular complexity index is 482. The quantitative estimate of drug-likeness (QED) is 0.930. The van der Waals surface area contributed by atoms with Crippen molar-refractivity contribution in [3.8, 4) is 6.07 Å². The lowest BCUT2D eigenvalue weighted by Gasteiger charge is -2.34. The number of aliphatic hydroxyl groups is 1. The third kappa shape index (κ3) is 3.79. The summed E-state index contributed by atoms with van der Waals surface area (Å²) in [6.07, 6.45) is 2.03. The summed E-state index contributed by atoms with van der Waals surface area (Å²) in [7, 11) is 0. The molecule has 3 nitrogen and oxygen atoms in total. The first kappa shape index (κ1) is 14.5. The van der Waals surface area contributed by atoms with E-state index in [-0.39, 0.29) is 6.10 Å². The summed E-state index contributed by atoms with van der Waals surface area (Å²) in [4.78, 5) is 2.38. The van der Waals surface area contributed by atoms with Crippen molar-refractivity contribution in [3.63, 3.8) is 0 Å². The van der Waals surface area contributed by atoms with Gasteiger partial charge in [-0.15, -0.1) is 0 Å². The number of hydrogen-bond donors (Lipinski definition) is 1. The molecular formula is C15H19BrN2O. The van der Waals surface area contributed by atoms with E-state index < -0.39 is 0 Å². The van der Waals surface area contributed by atoms with Crippen LogP contribution in [0.15, 0.2) is 22.7 Å². The molecule has 0 aromatic heterocycles. The molecule has 102 valence electrons. The Labute approximate surface area is 123 Å².